The van der Waals surface area contributed by atoms with Gasteiger partial charge in [0, 0.05) is 26.7 Å². The monoisotopic (exact) mass is 231 g/mol. The third kappa shape index (κ3) is 2.18. The number of benzene rings is 1. The largest absolute Gasteiger partial charge is 0.379 e. The van der Waals surface area contributed by atoms with E-state index < -0.39 is 0 Å². The van der Waals surface area contributed by atoms with Gasteiger partial charge in [0.1, 0.15) is 0 Å². The molecule has 0 spiro atoms. The number of hydrogen-bond acceptors (Lipinski definition) is 3. The summed E-state index contributed by atoms with van der Waals surface area (Å²) in [6, 6.07) is 6.51. The third-order valence-electron chi connectivity index (χ3n) is 3.30. The molecule has 2 heterocycles. The van der Waals surface area contributed by atoms with E-state index in [9.17, 15) is 0 Å². The SMILES string of the molecule is Cn1cnc2ccc(CN3CCOCC3)cc21. The molecule has 90 valence electrons. The Bertz CT molecular complexity index is 514. The van der Waals surface area contributed by atoms with Crippen molar-refractivity contribution in [2.75, 3.05) is 26.3 Å². The molecule has 3 rings (SSSR count). The Morgan fingerprint density at radius 3 is 2.94 bits per heavy atom. The first-order chi connectivity index (χ1) is 8.33. The number of hydrogen-bond donors (Lipinski definition) is 0. The van der Waals surface area contributed by atoms with Crippen molar-refractivity contribution in [2.45, 2.75) is 6.54 Å². The number of imidazole rings is 1. The molecule has 1 aliphatic rings. The van der Waals surface area contributed by atoms with Crippen LogP contribution in [0.3, 0.4) is 0 Å². The van der Waals surface area contributed by atoms with E-state index >= 15 is 0 Å². The third-order valence-corrected chi connectivity index (χ3v) is 3.30. The Morgan fingerprint density at radius 2 is 2.12 bits per heavy atom. The minimum atomic E-state index is 0.855. The maximum absolute atomic E-state index is 5.36. The molecule has 0 saturated carbocycles. The highest BCUT2D eigenvalue weighted by Gasteiger charge is 2.11. The van der Waals surface area contributed by atoms with Crippen molar-refractivity contribution in [3.05, 3.63) is 30.1 Å². The molecule has 2 aromatic rings. The molecule has 0 bridgehead atoms. The van der Waals surface area contributed by atoms with Gasteiger partial charge in [0.25, 0.3) is 0 Å². The molecule has 0 aliphatic carbocycles. The molecule has 0 amide bonds. The zero-order valence-corrected chi connectivity index (χ0v) is 10.1. The Labute approximate surface area is 101 Å². The Morgan fingerprint density at radius 1 is 1.29 bits per heavy atom. The normalized spacial score (nSPS) is 17.7. The summed E-state index contributed by atoms with van der Waals surface area (Å²) in [4.78, 5) is 6.77. The molecule has 4 heteroatoms. The van der Waals surface area contributed by atoms with E-state index in [1.54, 1.807) is 0 Å². The first-order valence-corrected chi connectivity index (χ1v) is 6.03. The number of morpholine rings is 1. The lowest BCUT2D eigenvalue weighted by molar-refractivity contribution is 0.0342. The Balaban J connectivity index is 1.82. The number of nitrogens with zero attached hydrogens (tertiary/aromatic N) is 3. The van der Waals surface area contributed by atoms with Gasteiger partial charge in [-0.25, -0.2) is 4.98 Å². The van der Waals surface area contributed by atoms with E-state index in [2.05, 4.69) is 32.7 Å². The molecule has 4 nitrogen and oxygen atoms in total. The maximum Gasteiger partial charge on any atom is 0.0955 e. The lowest BCUT2D eigenvalue weighted by Crippen LogP contribution is -2.35. The van der Waals surface area contributed by atoms with Crippen LogP contribution in [0.15, 0.2) is 24.5 Å². The Kier molecular flexibility index (Phi) is 2.82. The standard InChI is InChI=1S/C13H17N3O/c1-15-10-14-12-3-2-11(8-13(12)15)9-16-4-6-17-7-5-16/h2-3,8,10H,4-7,9H2,1H3. The van der Waals surface area contributed by atoms with E-state index in [-0.39, 0.29) is 0 Å². The Hall–Kier alpha value is -1.39. The number of aromatic nitrogens is 2. The van der Waals surface area contributed by atoms with Gasteiger partial charge in [-0.1, -0.05) is 6.07 Å². The van der Waals surface area contributed by atoms with E-state index in [0.29, 0.717) is 0 Å². The summed E-state index contributed by atoms with van der Waals surface area (Å²) in [6.45, 7) is 4.78. The zero-order valence-electron chi connectivity index (χ0n) is 10.1. The van der Waals surface area contributed by atoms with Crippen LogP contribution in [0, 0.1) is 0 Å². The summed E-state index contributed by atoms with van der Waals surface area (Å²) in [7, 11) is 2.04. The van der Waals surface area contributed by atoms with Crippen molar-refractivity contribution in [1.82, 2.24) is 14.5 Å². The van der Waals surface area contributed by atoms with Crippen molar-refractivity contribution in [2.24, 2.45) is 7.05 Å². The van der Waals surface area contributed by atoms with Crippen LogP contribution in [0.4, 0.5) is 0 Å². The van der Waals surface area contributed by atoms with Crippen molar-refractivity contribution in [1.29, 1.82) is 0 Å². The molecule has 1 saturated heterocycles. The fourth-order valence-corrected chi connectivity index (χ4v) is 2.29. The van der Waals surface area contributed by atoms with Crippen LogP contribution in [-0.2, 0) is 18.3 Å². The van der Waals surface area contributed by atoms with Crippen molar-refractivity contribution < 1.29 is 4.74 Å². The van der Waals surface area contributed by atoms with Crippen LogP contribution >= 0.6 is 0 Å². The highest BCUT2D eigenvalue weighted by molar-refractivity contribution is 5.75. The van der Waals surface area contributed by atoms with Crippen LogP contribution in [-0.4, -0.2) is 40.8 Å². The summed E-state index contributed by atoms with van der Waals surface area (Å²) in [5.74, 6) is 0. The van der Waals surface area contributed by atoms with E-state index in [1.807, 2.05) is 13.4 Å². The smallest absolute Gasteiger partial charge is 0.0955 e. The molecular weight excluding hydrogens is 214 g/mol. The summed E-state index contributed by atoms with van der Waals surface area (Å²) in [5, 5.41) is 0. The first kappa shape index (κ1) is 10.7. The van der Waals surface area contributed by atoms with Crippen molar-refractivity contribution in [3.8, 4) is 0 Å². The molecule has 0 radical (unpaired) electrons. The highest BCUT2D eigenvalue weighted by atomic mass is 16.5. The summed E-state index contributed by atoms with van der Waals surface area (Å²) >= 11 is 0. The van der Waals surface area contributed by atoms with Gasteiger partial charge in [0.05, 0.1) is 30.6 Å². The summed E-state index contributed by atoms with van der Waals surface area (Å²) < 4.78 is 7.43. The molecule has 0 unspecified atom stereocenters. The average Bonchev–Trinajstić information content (AvgIpc) is 2.73. The van der Waals surface area contributed by atoms with Gasteiger partial charge >= 0.3 is 0 Å². The lowest BCUT2D eigenvalue weighted by Gasteiger charge is -2.26. The van der Waals surface area contributed by atoms with Gasteiger partial charge in [-0.2, -0.15) is 0 Å². The average molecular weight is 231 g/mol. The topological polar surface area (TPSA) is 30.3 Å². The number of rotatable bonds is 2. The highest BCUT2D eigenvalue weighted by Crippen LogP contribution is 2.15. The van der Waals surface area contributed by atoms with E-state index in [0.717, 1.165) is 38.4 Å². The fourth-order valence-electron chi connectivity index (χ4n) is 2.29. The second-order valence-electron chi connectivity index (χ2n) is 4.57. The van der Waals surface area contributed by atoms with E-state index in [1.165, 1.54) is 11.1 Å². The van der Waals surface area contributed by atoms with Crippen LogP contribution in [0.2, 0.25) is 0 Å². The second kappa shape index (κ2) is 4.47. The zero-order chi connectivity index (χ0) is 11.7. The molecule has 17 heavy (non-hydrogen) atoms. The fraction of sp³-hybridized carbons (Fsp3) is 0.462. The maximum atomic E-state index is 5.36. The molecule has 1 fully saturated rings. The molecule has 1 aliphatic heterocycles. The van der Waals surface area contributed by atoms with Crippen LogP contribution in [0.1, 0.15) is 5.56 Å². The van der Waals surface area contributed by atoms with Crippen molar-refractivity contribution in [3.63, 3.8) is 0 Å². The minimum absolute atomic E-state index is 0.855. The number of aryl methyl sites for hydroxylation is 1. The van der Waals surface area contributed by atoms with Gasteiger partial charge < -0.3 is 9.30 Å². The summed E-state index contributed by atoms with van der Waals surface area (Å²) in [6.07, 6.45) is 1.86. The van der Waals surface area contributed by atoms with E-state index in [4.69, 9.17) is 4.74 Å². The van der Waals surface area contributed by atoms with Crippen LogP contribution in [0.25, 0.3) is 11.0 Å². The van der Waals surface area contributed by atoms with Gasteiger partial charge in [-0.3, -0.25) is 4.90 Å². The quantitative estimate of drug-likeness (QED) is 0.782. The predicted molar refractivity (Wildman–Crippen MR) is 66.8 cm³/mol. The van der Waals surface area contributed by atoms with Gasteiger partial charge in [0.15, 0.2) is 0 Å². The second-order valence-corrected chi connectivity index (χ2v) is 4.57. The molecular formula is C13H17N3O. The summed E-state index contributed by atoms with van der Waals surface area (Å²) in [5.41, 5.74) is 3.62. The lowest BCUT2D eigenvalue weighted by atomic mass is 10.2. The number of fused-ring (bicyclic) bond motifs is 1. The van der Waals surface area contributed by atoms with Crippen LogP contribution < -0.4 is 0 Å². The molecule has 1 aromatic carbocycles. The van der Waals surface area contributed by atoms with Crippen LogP contribution in [0.5, 0.6) is 0 Å². The molecule has 0 N–H and O–H groups in total. The van der Waals surface area contributed by atoms with Gasteiger partial charge in [-0.05, 0) is 17.7 Å². The first-order valence-electron chi connectivity index (χ1n) is 6.03. The predicted octanol–water partition coefficient (Wildman–Crippen LogP) is 1.41. The van der Waals surface area contributed by atoms with Gasteiger partial charge in [0.2, 0.25) is 0 Å². The number of ether oxygens (including phenoxy) is 1. The minimum Gasteiger partial charge on any atom is -0.379 e. The van der Waals surface area contributed by atoms with Gasteiger partial charge in [-0.15, -0.1) is 0 Å². The molecule has 0 atom stereocenters. The van der Waals surface area contributed by atoms with Crippen molar-refractivity contribution >= 4 is 11.0 Å². The molecule has 1 aromatic heterocycles.